The van der Waals surface area contributed by atoms with Crippen LogP contribution in [0.25, 0.3) is 0 Å². The number of hydrogen-bond donors (Lipinski definition) is 1. The Labute approximate surface area is 97.9 Å². The second-order valence-corrected chi connectivity index (χ2v) is 5.18. The lowest BCUT2D eigenvalue weighted by atomic mass is 9.71. The van der Waals surface area contributed by atoms with Crippen molar-refractivity contribution in [2.45, 2.75) is 38.5 Å². The second-order valence-electron chi connectivity index (χ2n) is 5.18. The molecule has 1 aliphatic heterocycles. The number of methoxy groups -OCH3 is 1. The predicted octanol–water partition coefficient (Wildman–Crippen LogP) is 1.97. The van der Waals surface area contributed by atoms with Gasteiger partial charge in [-0.05, 0) is 24.8 Å². The molecule has 0 aromatic carbocycles. The molecule has 1 heterocycles. The Kier molecular flexibility index (Phi) is 4.22. The summed E-state index contributed by atoms with van der Waals surface area (Å²) in [7, 11) is 1.51. The third kappa shape index (κ3) is 2.57. The van der Waals surface area contributed by atoms with E-state index in [4.69, 9.17) is 4.74 Å². The molecule has 1 saturated heterocycles. The van der Waals surface area contributed by atoms with Crippen LogP contribution in [0.15, 0.2) is 0 Å². The van der Waals surface area contributed by atoms with Gasteiger partial charge in [0, 0.05) is 6.54 Å². The molecule has 2 fully saturated rings. The van der Waals surface area contributed by atoms with Crippen molar-refractivity contribution in [2.24, 2.45) is 17.8 Å². The number of ether oxygens (including phenoxy) is 1. The van der Waals surface area contributed by atoms with Gasteiger partial charge in [0.2, 0.25) is 0 Å². The van der Waals surface area contributed by atoms with E-state index >= 15 is 0 Å². The molecule has 1 saturated carbocycles. The maximum absolute atomic E-state index is 11.8. The van der Waals surface area contributed by atoms with Crippen LogP contribution in [0.2, 0.25) is 0 Å². The first-order chi connectivity index (χ1) is 7.83. The normalized spacial score (nSPS) is 32.3. The van der Waals surface area contributed by atoms with E-state index in [1.54, 1.807) is 0 Å². The topological polar surface area (TPSA) is 38.3 Å². The van der Waals surface area contributed by atoms with Crippen molar-refractivity contribution >= 4 is 5.97 Å². The van der Waals surface area contributed by atoms with Gasteiger partial charge in [-0.3, -0.25) is 4.79 Å². The molecule has 1 N–H and O–H groups in total. The molecular weight excluding hydrogens is 202 g/mol. The number of esters is 1. The van der Waals surface area contributed by atoms with Crippen molar-refractivity contribution in [2.75, 3.05) is 20.2 Å². The molecular formula is C13H23NO2. The lowest BCUT2D eigenvalue weighted by Gasteiger charge is -2.37. The number of piperidine rings is 1. The number of nitrogens with one attached hydrogen (secondary N) is 1. The molecule has 0 amide bonds. The highest BCUT2D eigenvalue weighted by Gasteiger charge is 2.36. The highest BCUT2D eigenvalue weighted by atomic mass is 16.5. The number of rotatable bonds is 2. The Balaban J connectivity index is 2.00. The quantitative estimate of drug-likeness (QED) is 0.730. The highest BCUT2D eigenvalue weighted by molar-refractivity contribution is 5.73. The zero-order valence-corrected chi connectivity index (χ0v) is 10.2. The molecule has 1 aliphatic carbocycles. The van der Waals surface area contributed by atoms with E-state index in [-0.39, 0.29) is 11.9 Å². The molecule has 2 aliphatic rings. The van der Waals surface area contributed by atoms with E-state index in [1.165, 1.54) is 39.2 Å². The van der Waals surface area contributed by atoms with E-state index in [2.05, 4.69) is 5.32 Å². The van der Waals surface area contributed by atoms with Gasteiger partial charge in [-0.15, -0.1) is 0 Å². The third-order valence-electron chi connectivity index (χ3n) is 4.29. The summed E-state index contributed by atoms with van der Waals surface area (Å²) in [6, 6.07) is 0. The van der Waals surface area contributed by atoms with Crippen LogP contribution in [-0.4, -0.2) is 26.2 Å². The van der Waals surface area contributed by atoms with E-state index in [0.717, 1.165) is 25.4 Å². The van der Waals surface area contributed by atoms with Crippen molar-refractivity contribution in [3.63, 3.8) is 0 Å². The first-order valence-electron chi connectivity index (χ1n) is 6.61. The minimum Gasteiger partial charge on any atom is -0.469 e. The van der Waals surface area contributed by atoms with Crippen LogP contribution >= 0.6 is 0 Å². The minimum atomic E-state index is -0.0113. The smallest absolute Gasteiger partial charge is 0.310 e. The largest absolute Gasteiger partial charge is 0.469 e. The van der Waals surface area contributed by atoms with Gasteiger partial charge in [0.05, 0.1) is 13.0 Å². The second kappa shape index (κ2) is 5.67. The van der Waals surface area contributed by atoms with Crippen LogP contribution in [0.1, 0.15) is 38.5 Å². The maximum atomic E-state index is 11.8. The summed E-state index contributed by atoms with van der Waals surface area (Å²) in [6.07, 6.45) is 7.86. The molecule has 0 aromatic heterocycles. The zero-order chi connectivity index (χ0) is 11.4. The average molecular weight is 225 g/mol. The monoisotopic (exact) mass is 225 g/mol. The van der Waals surface area contributed by atoms with Crippen LogP contribution in [0.5, 0.6) is 0 Å². The Morgan fingerprint density at radius 1 is 1.19 bits per heavy atom. The molecule has 0 bridgehead atoms. The van der Waals surface area contributed by atoms with Gasteiger partial charge in [-0.2, -0.15) is 0 Å². The molecule has 0 radical (unpaired) electrons. The van der Waals surface area contributed by atoms with Crippen molar-refractivity contribution in [1.29, 1.82) is 0 Å². The Bertz CT molecular complexity index is 236. The summed E-state index contributed by atoms with van der Waals surface area (Å²) in [5.41, 5.74) is 0. The third-order valence-corrected chi connectivity index (χ3v) is 4.29. The SMILES string of the molecule is COC(=O)C1CNCCC1C1CCCCC1. The van der Waals surface area contributed by atoms with Gasteiger partial charge >= 0.3 is 5.97 Å². The zero-order valence-electron chi connectivity index (χ0n) is 10.2. The van der Waals surface area contributed by atoms with Crippen LogP contribution in [-0.2, 0) is 9.53 Å². The predicted molar refractivity (Wildman–Crippen MR) is 63.1 cm³/mol. The van der Waals surface area contributed by atoms with Crippen molar-refractivity contribution in [3.05, 3.63) is 0 Å². The van der Waals surface area contributed by atoms with Crippen LogP contribution < -0.4 is 5.32 Å². The fourth-order valence-corrected chi connectivity index (χ4v) is 3.41. The van der Waals surface area contributed by atoms with Gasteiger partial charge in [-0.1, -0.05) is 32.1 Å². The van der Waals surface area contributed by atoms with E-state index in [1.807, 2.05) is 0 Å². The average Bonchev–Trinajstić information content (AvgIpc) is 2.39. The molecule has 2 atom stereocenters. The van der Waals surface area contributed by atoms with E-state index < -0.39 is 0 Å². The number of carbonyl (C=O) groups excluding carboxylic acids is 1. The molecule has 16 heavy (non-hydrogen) atoms. The van der Waals surface area contributed by atoms with Gasteiger partial charge in [0.15, 0.2) is 0 Å². The van der Waals surface area contributed by atoms with Gasteiger partial charge in [0.25, 0.3) is 0 Å². The van der Waals surface area contributed by atoms with Crippen LogP contribution in [0, 0.1) is 17.8 Å². The molecule has 0 spiro atoms. The summed E-state index contributed by atoms with van der Waals surface area (Å²) in [5.74, 6) is 1.42. The summed E-state index contributed by atoms with van der Waals surface area (Å²) < 4.78 is 4.93. The number of hydrogen-bond acceptors (Lipinski definition) is 3. The van der Waals surface area contributed by atoms with E-state index in [9.17, 15) is 4.79 Å². The molecule has 3 nitrogen and oxygen atoms in total. The van der Waals surface area contributed by atoms with Crippen LogP contribution in [0.4, 0.5) is 0 Å². The molecule has 2 rings (SSSR count). The Morgan fingerprint density at radius 2 is 1.94 bits per heavy atom. The summed E-state index contributed by atoms with van der Waals surface area (Å²) >= 11 is 0. The molecule has 0 aromatic rings. The Hall–Kier alpha value is -0.570. The van der Waals surface area contributed by atoms with Crippen molar-refractivity contribution in [3.8, 4) is 0 Å². The summed E-state index contributed by atoms with van der Waals surface area (Å²) in [6.45, 7) is 1.88. The fraction of sp³-hybridized carbons (Fsp3) is 0.923. The molecule has 3 heteroatoms. The lowest BCUT2D eigenvalue weighted by molar-refractivity contribution is -0.149. The van der Waals surface area contributed by atoms with Crippen LogP contribution in [0.3, 0.4) is 0 Å². The van der Waals surface area contributed by atoms with E-state index in [0.29, 0.717) is 5.92 Å². The van der Waals surface area contributed by atoms with Gasteiger partial charge in [0.1, 0.15) is 0 Å². The highest BCUT2D eigenvalue weighted by Crippen LogP contribution is 2.37. The Morgan fingerprint density at radius 3 is 2.62 bits per heavy atom. The molecule has 92 valence electrons. The first kappa shape index (κ1) is 11.9. The minimum absolute atomic E-state index is 0.0113. The maximum Gasteiger partial charge on any atom is 0.310 e. The first-order valence-corrected chi connectivity index (χ1v) is 6.61. The standard InChI is InChI=1S/C13H23NO2/c1-16-13(15)12-9-14-8-7-11(12)10-5-3-2-4-6-10/h10-12,14H,2-9H2,1H3. The van der Waals surface area contributed by atoms with Gasteiger partial charge < -0.3 is 10.1 Å². The van der Waals surface area contributed by atoms with Crippen molar-refractivity contribution in [1.82, 2.24) is 5.32 Å². The summed E-state index contributed by atoms with van der Waals surface area (Å²) in [4.78, 5) is 11.8. The fourth-order valence-electron chi connectivity index (χ4n) is 3.41. The van der Waals surface area contributed by atoms with Crippen molar-refractivity contribution < 1.29 is 9.53 Å². The summed E-state index contributed by atoms with van der Waals surface area (Å²) in [5, 5.41) is 3.32. The lowest BCUT2D eigenvalue weighted by Crippen LogP contribution is -2.44. The van der Waals surface area contributed by atoms with Gasteiger partial charge in [-0.25, -0.2) is 0 Å². The number of carbonyl (C=O) groups is 1. The molecule has 2 unspecified atom stereocenters.